The zero-order chi connectivity index (χ0) is 14.5. The number of rotatable bonds is 6. The molecule has 0 aliphatic rings. The van der Waals surface area contributed by atoms with Crippen LogP contribution >= 0.6 is 0 Å². The average Bonchev–Trinajstić information content (AvgIpc) is 2.88. The first-order valence-electron chi connectivity index (χ1n) is 7.08. The number of hydrogen-bond acceptors (Lipinski definition) is 4. The predicted octanol–water partition coefficient (Wildman–Crippen LogP) is 2.98. The van der Waals surface area contributed by atoms with Crippen LogP contribution in [0.15, 0.2) is 12.1 Å². The lowest BCUT2D eigenvalue weighted by atomic mass is 10.1. The zero-order valence-electron chi connectivity index (χ0n) is 12.7. The van der Waals surface area contributed by atoms with Crippen molar-refractivity contribution >= 4 is 0 Å². The van der Waals surface area contributed by atoms with Crippen LogP contribution in [0.4, 0.5) is 0 Å². The van der Waals surface area contributed by atoms with Crippen LogP contribution in [-0.2, 0) is 13.2 Å². The maximum Gasteiger partial charge on any atom is 0.189 e. The molecule has 1 heterocycles. The first-order valence-corrected chi connectivity index (χ1v) is 7.08. The fourth-order valence-electron chi connectivity index (χ4n) is 2.09. The SMILES string of the molecule is CCCCn1nnnc1COc1c(C)ccc(C)c1C. The van der Waals surface area contributed by atoms with Crippen molar-refractivity contribution in [3.8, 4) is 5.75 Å². The number of aromatic nitrogens is 4. The van der Waals surface area contributed by atoms with Crippen LogP contribution in [-0.4, -0.2) is 20.2 Å². The van der Waals surface area contributed by atoms with E-state index in [2.05, 4.69) is 55.4 Å². The quantitative estimate of drug-likeness (QED) is 0.812. The van der Waals surface area contributed by atoms with Gasteiger partial charge in [-0.3, -0.25) is 0 Å². The molecular formula is C15H22N4O. The Kier molecular flexibility index (Phi) is 4.71. The van der Waals surface area contributed by atoms with E-state index in [0.717, 1.165) is 36.5 Å². The molecule has 0 fully saturated rings. The molecule has 0 atom stereocenters. The lowest BCUT2D eigenvalue weighted by Crippen LogP contribution is -2.10. The molecule has 0 saturated carbocycles. The number of ether oxygens (including phenoxy) is 1. The zero-order valence-corrected chi connectivity index (χ0v) is 12.7. The second-order valence-corrected chi connectivity index (χ2v) is 5.11. The van der Waals surface area contributed by atoms with Gasteiger partial charge in [-0.15, -0.1) is 5.10 Å². The number of nitrogens with zero attached hydrogens (tertiary/aromatic N) is 4. The number of tetrazole rings is 1. The molecule has 2 rings (SSSR count). The molecule has 5 heteroatoms. The van der Waals surface area contributed by atoms with Gasteiger partial charge in [-0.25, -0.2) is 4.68 Å². The molecule has 5 nitrogen and oxygen atoms in total. The van der Waals surface area contributed by atoms with Gasteiger partial charge >= 0.3 is 0 Å². The average molecular weight is 274 g/mol. The molecular weight excluding hydrogens is 252 g/mol. The Morgan fingerprint density at radius 3 is 2.65 bits per heavy atom. The smallest absolute Gasteiger partial charge is 0.189 e. The third-order valence-corrected chi connectivity index (χ3v) is 3.55. The van der Waals surface area contributed by atoms with Crippen LogP contribution in [0.5, 0.6) is 5.75 Å². The summed E-state index contributed by atoms with van der Waals surface area (Å²) in [6.45, 7) is 9.63. The van der Waals surface area contributed by atoms with Crippen molar-refractivity contribution in [3.63, 3.8) is 0 Å². The fraction of sp³-hybridized carbons (Fsp3) is 0.533. The van der Waals surface area contributed by atoms with Gasteiger partial charge in [0.15, 0.2) is 5.82 Å². The highest BCUT2D eigenvalue weighted by atomic mass is 16.5. The van der Waals surface area contributed by atoms with E-state index in [1.165, 1.54) is 11.1 Å². The molecule has 0 bridgehead atoms. The topological polar surface area (TPSA) is 52.8 Å². The van der Waals surface area contributed by atoms with Gasteiger partial charge in [0.05, 0.1) is 0 Å². The summed E-state index contributed by atoms with van der Waals surface area (Å²) < 4.78 is 7.77. The highest BCUT2D eigenvalue weighted by Gasteiger charge is 2.10. The molecule has 0 saturated heterocycles. The van der Waals surface area contributed by atoms with Crippen LogP contribution in [0.25, 0.3) is 0 Å². The fourth-order valence-corrected chi connectivity index (χ4v) is 2.09. The van der Waals surface area contributed by atoms with E-state index in [1.807, 2.05) is 4.68 Å². The molecule has 0 aliphatic heterocycles. The van der Waals surface area contributed by atoms with E-state index in [0.29, 0.717) is 6.61 Å². The highest BCUT2D eigenvalue weighted by Crippen LogP contribution is 2.26. The summed E-state index contributed by atoms with van der Waals surface area (Å²) in [6, 6.07) is 4.19. The van der Waals surface area contributed by atoms with Gasteiger partial charge in [0.1, 0.15) is 12.4 Å². The Bertz CT molecular complexity index is 577. The standard InChI is InChI=1S/C15H22N4O/c1-5-6-9-19-14(16-17-18-19)10-20-15-12(3)8-7-11(2)13(15)4/h7-8H,5-6,9-10H2,1-4H3. The Hall–Kier alpha value is -1.91. The monoisotopic (exact) mass is 274 g/mol. The molecule has 0 spiro atoms. The van der Waals surface area contributed by atoms with E-state index < -0.39 is 0 Å². The van der Waals surface area contributed by atoms with Gasteiger partial charge in [0, 0.05) is 6.54 Å². The molecule has 0 radical (unpaired) electrons. The van der Waals surface area contributed by atoms with Crippen LogP contribution in [0.1, 0.15) is 42.3 Å². The van der Waals surface area contributed by atoms with E-state index in [1.54, 1.807) is 0 Å². The minimum atomic E-state index is 0.405. The molecule has 2 aromatic rings. The van der Waals surface area contributed by atoms with Crippen molar-refractivity contribution in [2.45, 2.75) is 53.7 Å². The molecule has 0 unspecified atom stereocenters. The maximum absolute atomic E-state index is 5.95. The third kappa shape index (κ3) is 3.15. The molecule has 1 aromatic carbocycles. The van der Waals surface area contributed by atoms with Gasteiger partial charge in [-0.05, 0) is 54.3 Å². The van der Waals surface area contributed by atoms with E-state index in [4.69, 9.17) is 4.74 Å². The lowest BCUT2D eigenvalue weighted by Gasteiger charge is -2.13. The van der Waals surface area contributed by atoms with Crippen LogP contribution in [0.2, 0.25) is 0 Å². The van der Waals surface area contributed by atoms with E-state index in [-0.39, 0.29) is 0 Å². The van der Waals surface area contributed by atoms with Crippen LogP contribution < -0.4 is 4.74 Å². The van der Waals surface area contributed by atoms with Crippen molar-refractivity contribution in [1.82, 2.24) is 20.2 Å². The summed E-state index contributed by atoms with van der Waals surface area (Å²) in [6.07, 6.45) is 2.19. The van der Waals surface area contributed by atoms with E-state index >= 15 is 0 Å². The van der Waals surface area contributed by atoms with Gasteiger partial charge in [-0.1, -0.05) is 25.5 Å². The summed E-state index contributed by atoms with van der Waals surface area (Å²) in [4.78, 5) is 0. The lowest BCUT2D eigenvalue weighted by molar-refractivity contribution is 0.281. The normalized spacial score (nSPS) is 10.8. The Balaban J connectivity index is 2.09. The molecule has 20 heavy (non-hydrogen) atoms. The minimum absolute atomic E-state index is 0.405. The Morgan fingerprint density at radius 1 is 1.15 bits per heavy atom. The van der Waals surface area contributed by atoms with Gasteiger partial charge in [-0.2, -0.15) is 0 Å². The van der Waals surface area contributed by atoms with Crippen molar-refractivity contribution < 1.29 is 4.74 Å². The summed E-state index contributed by atoms with van der Waals surface area (Å²) in [5.74, 6) is 1.72. The van der Waals surface area contributed by atoms with Crippen molar-refractivity contribution in [2.24, 2.45) is 0 Å². The van der Waals surface area contributed by atoms with Crippen molar-refractivity contribution in [3.05, 3.63) is 34.6 Å². The number of aryl methyl sites for hydroxylation is 3. The van der Waals surface area contributed by atoms with Crippen LogP contribution in [0.3, 0.4) is 0 Å². The largest absolute Gasteiger partial charge is 0.485 e. The second kappa shape index (κ2) is 6.50. The summed E-state index contributed by atoms with van der Waals surface area (Å²) in [7, 11) is 0. The van der Waals surface area contributed by atoms with Gasteiger partial charge in [0.2, 0.25) is 0 Å². The van der Waals surface area contributed by atoms with E-state index in [9.17, 15) is 0 Å². The third-order valence-electron chi connectivity index (χ3n) is 3.55. The Morgan fingerprint density at radius 2 is 1.90 bits per heavy atom. The second-order valence-electron chi connectivity index (χ2n) is 5.11. The first kappa shape index (κ1) is 14.5. The number of benzene rings is 1. The van der Waals surface area contributed by atoms with Gasteiger partial charge < -0.3 is 4.74 Å². The minimum Gasteiger partial charge on any atom is -0.485 e. The number of hydrogen-bond donors (Lipinski definition) is 0. The molecule has 0 aliphatic carbocycles. The maximum atomic E-state index is 5.95. The predicted molar refractivity (Wildman–Crippen MR) is 77.7 cm³/mol. The van der Waals surface area contributed by atoms with Crippen LogP contribution in [0, 0.1) is 20.8 Å². The summed E-state index contributed by atoms with van der Waals surface area (Å²) in [5.41, 5.74) is 3.55. The van der Waals surface area contributed by atoms with Gasteiger partial charge in [0.25, 0.3) is 0 Å². The van der Waals surface area contributed by atoms with Crippen molar-refractivity contribution in [1.29, 1.82) is 0 Å². The number of unbranched alkanes of at least 4 members (excludes halogenated alkanes) is 1. The summed E-state index contributed by atoms with van der Waals surface area (Å²) >= 11 is 0. The van der Waals surface area contributed by atoms with Crippen molar-refractivity contribution in [2.75, 3.05) is 0 Å². The highest BCUT2D eigenvalue weighted by molar-refractivity contribution is 5.44. The summed E-state index contributed by atoms with van der Waals surface area (Å²) in [5, 5.41) is 11.8. The Labute approximate surface area is 120 Å². The molecule has 0 N–H and O–H groups in total. The molecule has 0 amide bonds. The molecule has 1 aromatic heterocycles. The first-order chi connectivity index (χ1) is 9.63. The molecule has 108 valence electrons.